The van der Waals surface area contributed by atoms with Crippen molar-refractivity contribution in [3.63, 3.8) is 0 Å². The number of hydrogen-bond donors (Lipinski definition) is 2. The summed E-state index contributed by atoms with van der Waals surface area (Å²) in [4.78, 5) is 13.2. The lowest BCUT2D eigenvalue weighted by Gasteiger charge is -2.07. The maximum absolute atomic E-state index is 13.2. The predicted octanol–water partition coefficient (Wildman–Crippen LogP) is 4.43. The summed E-state index contributed by atoms with van der Waals surface area (Å²) in [5, 5.41) is 14.9. The van der Waals surface area contributed by atoms with Gasteiger partial charge in [0.05, 0.1) is 18.7 Å². The van der Waals surface area contributed by atoms with Crippen molar-refractivity contribution < 1.29 is 4.79 Å². The Kier molecular flexibility index (Phi) is 5.45. The molecule has 0 radical (unpaired) electrons. The summed E-state index contributed by atoms with van der Waals surface area (Å²) >= 11 is 5.34. The number of benzene rings is 2. The number of amides is 1. The highest BCUT2D eigenvalue weighted by atomic mass is 32.1. The van der Waals surface area contributed by atoms with Crippen molar-refractivity contribution in [3.8, 4) is 11.3 Å². The van der Waals surface area contributed by atoms with Crippen LogP contribution in [0.5, 0.6) is 0 Å². The lowest BCUT2D eigenvalue weighted by atomic mass is 10.1. The Balaban J connectivity index is 1.42. The number of carbonyl (C=O) groups excluding carboxylic acids is 1. The van der Waals surface area contributed by atoms with E-state index in [-0.39, 0.29) is 5.91 Å². The number of H-pyrrole nitrogens is 1. The van der Waals surface area contributed by atoms with Crippen molar-refractivity contribution in [2.75, 3.05) is 0 Å². The first-order chi connectivity index (χ1) is 15.6. The van der Waals surface area contributed by atoms with Gasteiger partial charge in [-0.15, -0.1) is 0 Å². The summed E-state index contributed by atoms with van der Waals surface area (Å²) < 4.78 is 4.43. The number of aromatic amines is 1. The van der Waals surface area contributed by atoms with Crippen LogP contribution in [0.15, 0.2) is 60.8 Å². The van der Waals surface area contributed by atoms with Gasteiger partial charge in [-0.05, 0) is 37.5 Å². The lowest BCUT2D eigenvalue weighted by Crippen LogP contribution is -2.25. The van der Waals surface area contributed by atoms with E-state index in [9.17, 15) is 4.79 Å². The van der Waals surface area contributed by atoms with E-state index in [1.165, 1.54) is 0 Å². The van der Waals surface area contributed by atoms with E-state index >= 15 is 0 Å². The number of carbonyl (C=O) groups is 1. The van der Waals surface area contributed by atoms with Crippen molar-refractivity contribution in [1.29, 1.82) is 0 Å². The normalized spacial score (nSPS) is 13.3. The van der Waals surface area contributed by atoms with Crippen molar-refractivity contribution in [2.45, 2.75) is 38.9 Å². The van der Waals surface area contributed by atoms with Gasteiger partial charge in [0.15, 0.2) is 10.6 Å². The minimum Gasteiger partial charge on any atom is -0.345 e. The van der Waals surface area contributed by atoms with Crippen LogP contribution in [-0.2, 0) is 13.1 Å². The minimum absolute atomic E-state index is 0.184. The Morgan fingerprint density at radius 2 is 1.91 bits per heavy atom. The molecule has 1 aliphatic carbocycles. The van der Waals surface area contributed by atoms with Crippen LogP contribution in [0.4, 0.5) is 0 Å². The van der Waals surface area contributed by atoms with Crippen LogP contribution in [0.1, 0.15) is 46.2 Å². The van der Waals surface area contributed by atoms with Gasteiger partial charge < -0.3 is 5.32 Å². The van der Waals surface area contributed by atoms with Gasteiger partial charge in [0, 0.05) is 17.8 Å². The first-order valence-corrected chi connectivity index (χ1v) is 11.1. The average Bonchev–Trinajstić information content (AvgIpc) is 3.44. The standard InChI is InChI=1S/C24H24N6OS/c1-16-7-9-18(10-8-16)22-20(15-29(28-22)14-17-5-3-2-4-6-17)23(31)25-13-21-26-27-24(32)30(21)19-11-12-19/h2-10,15,19H,11-14H2,1H3,(H,25,31)(H,27,32). The van der Waals surface area contributed by atoms with Crippen LogP contribution in [0, 0.1) is 11.7 Å². The fraction of sp³-hybridized carbons (Fsp3) is 0.250. The number of aromatic nitrogens is 5. The number of aryl methyl sites for hydroxylation is 1. The fourth-order valence-corrected chi connectivity index (χ4v) is 4.09. The maximum Gasteiger partial charge on any atom is 0.255 e. The first kappa shape index (κ1) is 20.4. The topological polar surface area (TPSA) is 80.5 Å². The molecule has 0 aliphatic heterocycles. The number of rotatable bonds is 7. The third-order valence-corrected chi connectivity index (χ3v) is 5.90. The van der Waals surface area contributed by atoms with Crippen molar-refractivity contribution in [2.24, 2.45) is 0 Å². The second-order valence-electron chi connectivity index (χ2n) is 8.17. The Morgan fingerprint density at radius 1 is 1.16 bits per heavy atom. The molecule has 0 bridgehead atoms. The Bertz CT molecular complexity index is 1300. The van der Waals surface area contributed by atoms with Crippen LogP contribution in [0.3, 0.4) is 0 Å². The molecule has 0 saturated heterocycles. The molecule has 162 valence electrons. The third-order valence-electron chi connectivity index (χ3n) is 5.62. The molecule has 0 unspecified atom stereocenters. The predicted molar refractivity (Wildman–Crippen MR) is 125 cm³/mol. The van der Waals surface area contributed by atoms with E-state index in [0.717, 1.165) is 35.4 Å². The van der Waals surface area contributed by atoms with Gasteiger partial charge in [0.1, 0.15) is 5.69 Å². The largest absolute Gasteiger partial charge is 0.345 e. The van der Waals surface area contributed by atoms with E-state index in [4.69, 9.17) is 17.3 Å². The smallest absolute Gasteiger partial charge is 0.255 e. The first-order valence-electron chi connectivity index (χ1n) is 10.7. The SMILES string of the molecule is Cc1ccc(-c2nn(Cc3ccccc3)cc2C(=O)NCc2n[nH]c(=S)n2C2CC2)cc1. The number of nitrogens with zero attached hydrogens (tertiary/aromatic N) is 4. The van der Waals surface area contributed by atoms with Crippen LogP contribution in [0.2, 0.25) is 0 Å². The van der Waals surface area contributed by atoms with Gasteiger partial charge in [-0.2, -0.15) is 10.2 Å². The van der Waals surface area contributed by atoms with E-state index in [1.807, 2.05) is 77.0 Å². The van der Waals surface area contributed by atoms with Gasteiger partial charge >= 0.3 is 0 Å². The second kappa shape index (κ2) is 8.55. The van der Waals surface area contributed by atoms with Gasteiger partial charge in [-0.1, -0.05) is 60.2 Å². The van der Waals surface area contributed by atoms with E-state index in [1.54, 1.807) is 0 Å². The molecular formula is C24H24N6OS. The number of hydrogen-bond acceptors (Lipinski definition) is 4. The summed E-state index contributed by atoms with van der Waals surface area (Å²) in [5.41, 5.74) is 4.40. The van der Waals surface area contributed by atoms with Crippen molar-refractivity contribution in [3.05, 3.63) is 88.1 Å². The Morgan fingerprint density at radius 3 is 2.62 bits per heavy atom. The maximum atomic E-state index is 13.2. The molecule has 8 heteroatoms. The highest BCUT2D eigenvalue weighted by Crippen LogP contribution is 2.35. The van der Waals surface area contributed by atoms with Crippen LogP contribution in [0.25, 0.3) is 11.3 Å². The highest BCUT2D eigenvalue weighted by Gasteiger charge is 2.27. The van der Waals surface area contributed by atoms with Gasteiger partial charge in [-0.25, -0.2) is 0 Å². The van der Waals surface area contributed by atoms with Crippen LogP contribution >= 0.6 is 12.2 Å². The lowest BCUT2D eigenvalue weighted by molar-refractivity contribution is 0.0950. The van der Waals surface area contributed by atoms with Gasteiger partial charge in [0.2, 0.25) is 0 Å². The van der Waals surface area contributed by atoms with Gasteiger partial charge in [-0.3, -0.25) is 19.1 Å². The summed E-state index contributed by atoms with van der Waals surface area (Å²) in [6.45, 7) is 2.94. The molecule has 1 saturated carbocycles. The molecule has 32 heavy (non-hydrogen) atoms. The molecule has 1 aliphatic rings. The van der Waals surface area contributed by atoms with Crippen LogP contribution in [-0.4, -0.2) is 30.5 Å². The zero-order valence-electron chi connectivity index (χ0n) is 17.8. The van der Waals surface area contributed by atoms with E-state index in [2.05, 4.69) is 15.5 Å². The van der Waals surface area contributed by atoms with E-state index < -0.39 is 0 Å². The quantitative estimate of drug-likeness (QED) is 0.413. The van der Waals surface area contributed by atoms with Gasteiger partial charge in [0.25, 0.3) is 5.91 Å². The van der Waals surface area contributed by atoms with Crippen molar-refractivity contribution in [1.82, 2.24) is 29.9 Å². The molecule has 2 aromatic heterocycles. The molecule has 7 nitrogen and oxygen atoms in total. The summed E-state index contributed by atoms with van der Waals surface area (Å²) in [7, 11) is 0. The fourth-order valence-electron chi connectivity index (χ4n) is 3.79. The summed E-state index contributed by atoms with van der Waals surface area (Å²) in [5.74, 6) is 0.565. The zero-order valence-corrected chi connectivity index (χ0v) is 18.6. The van der Waals surface area contributed by atoms with E-state index in [0.29, 0.717) is 35.2 Å². The van der Waals surface area contributed by atoms with Crippen LogP contribution < -0.4 is 5.32 Å². The minimum atomic E-state index is -0.184. The Hall–Kier alpha value is -3.52. The molecular weight excluding hydrogens is 420 g/mol. The molecule has 4 aromatic rings. The molecule has 2 heterocycles. The average molecular weight is 445 g/mol. The van der Waals surface area contributed by atoms with Crippen molar-refractivity contribution >= 4 is 18.1 Å². The third kappa shape index (κ3) is 4.27. The second-order valence-corrected chi connectivity index (χ2v) is 8.56. The molecule has 5 rings (SSSR count). The molecule has 0 atom stereocenters. The molecule has 2 aromatic carbocycles. The molecule has 1 amide bonds. The summed E-state index contributed by atoms with van der Waals surface area (Å²) in [6, 6.07) is 18.5. The zero-order chi connectivity index (χ0) is 22.1. The monoisotopic (exact) mass is 444 g/mol. The summed E-state index contributed by atoms with van der Waals surface area (Å²) in [6.07, 6.45) is 4.01. The molecule has 0 spiro atoms. The molecule has 1 fully saturated rings. The molecule has 2 N–H and O–H groups in total. The Labute approximate surface area is 191 Å². The number of nitrogens with one attached hydrogen (secondary N) is 2. The highest BCUT2D eigenvalue weighted by molar-refractivity contribution is 7.71.